The van der Waals surface area contributed by atoms with Gasteiger partial charge in [0, 0.05) is 25.7 Å². The van der Waals surface area contributed by atoms with Gasteiger partial charge in [-0.15, -0.1) is 0 Å². The Labute approximate surface area is 607 Å². The van der Waals surface area contributed by atoms with Gasteiger partial charge in [0.25, 0.3) is 0 Å². The summed E-state index contributed by atoms with van der Waals surface area (Å²) in [7, 11) is -9.91. The minimum Gasteiger partial charge on any atom is -0.462 e. The molecule has 0 aliphatic carbocycles. The zero-order valence-electron chi connectivity index (χ0n) is 64.6. The molecule has 0 fully saturated rings. The van der Waals surface area contributed by atoms with Crippen molar-refractivity contribution in [2.24, 2.45) is 5.92 Å². The Hall–Kier alpha value is -1.94. The lowest BCUT2D eigenvalue weighted by Gasteiger charge is -2.21. The molecular weight excluding hydrogens is 1290 g/mol. The number of ether oxygens (including phenoxy) is 4. The lowest BCUT2D eigenvalue weighted by Crippen LogP contribution is -2.30. The molecule has 0 saturated heterocycles. The summed E-state index contributed by atoms with van der Waals surface area (Å²) in [5.74, 6) is -1.29. The monoisotopic (exact) mass is 1450 g/mol. The van der Waals surface area contributed by atoms with E-state index in [9.17, 15) is 43.2 Å². The van der Waals surface area contributed by atoms with Crippen LogP contribution in [0.25, 0.3) is 0 Å². The van der Waals surface area contributed by atoms with Crippen molar-refractivity contribution < 1.29 is 80.2 Å². The molecule has 0 radical (unpaired) electrons. The number of carbonyl (C=O) groups is 4. The van der Waals surface area contributed by atoms with Gasteiger partial charge in [0.05, 0.1) is 26.4 Å². The van der Waals surface area contributed by atoms with Gasteiger partial charge in [0.1, 0.15) is 19.3 Å². The van der Waals surface area contributed by atoms with Crippen molar-refractivity contribution in [1.29, 1.82) is 0 Å². The Morgan fingerprint density at radius 2 is 0.465 bits per heavy atom. The van der Waals surface area contributed by atoms with Gasteiger partial charge in [-0.2, -0.15) is 0 Å². The third-order valence-corrected chi connectivity index (χ3v) is 20.7. The molecule has 0 rings (SSSR count). The van der Waals surface area contributed by atoms with Crippen molar-refractivity contribution in [3.05, 3.63) is 0 Å². The highest BCUT2D eigenvalue weighted by molar-refractivity contribution is 7.47. The Kier molecular flexibility index (Phi) is 71.6. The van der Waals surface area contributed by atoms with Crippen molar-refractivity contribution in [3.63, 3.8) is 0 Å². The average Bonchev–Trinajstić information content (AvgIpc) is 1.13. The van der Waals surface area contributed by atoms with Crippen molar-refractivity contribution in [2.45, 2.75) is 445 Å². The molecule has 19 heteroatoms. The van der Waals surface area contributed by atoms with Gasteiger partial charge in [-0.3, -0.25) is 37.3 Å². The second-order valence-corrected chi connectivity index (χ2v) is 32.2. The fourth-order valence-corrected chi connectivity index (χ4v) is 14.0. The fraction of sp³-hybridized carbons (Fsp3) is 0.950. The van der Waals surface area contributed by atoms with Crippen LogP contribution in [0, 0.1) is 5.92 Å². The third-order valence-electron chi connectivity index (χ3n) is 18.8. The van der Waals surface area contributed by atoms with Crippen LogP contribution in [0.4, 0.5) is 0 Å². The number of phosphoric acid groups is 2. The lowest BCUT2D eigenvalue weighted by molar-refractivity contribution is -0.161. The number of esters is 4. The number of hydrogen-bond acceptors (Lipinski definition) is 15. The maximum atomic E-state index is 13.1. The second kappa shape index (κ2) is 73.0. The van der Waals surface area contributed by atoms with E-state index in [0.717, 1.165) is 95.8 Å². The van der Waals surface area contributed by atoms with Crippen molar-refractivity contribution >= 4 is 39.5 Å². The molecular formula is C80H156O17P2. The van der Waals surface area contributed by atoms with Crippen LogP contribution >= 0.6 is 15.6 Å². The zero-order valence-corrected chi connectivity index (χ0v) is 66.4. The molecule has 0 aliphatic heterocycles. The van der Waals surface area contributed by atoms with Crippen LogP contribution in [0.3, 0.4) is 0 Å². The lowest BCUT2D eigenvalue weighted by atomic mass is 10.0. The summed E-state index contributed by atoms with van der Waals surface area (Å²) in [5.41, 5.74) is 0. The molecule has 2 unspecified atom stereocenters. The summed E-state index contributed by atoms with van der Waals surface area (Å²) in [6, 6.07) is 0. The first kappa shape index (κ1) is 97.1. The van der Waals surface area contributed by atoms with Gasteiger partial charge in [0.15, 0.2) is 12.2 Å². The molecule has 588 valence electrons. The van der Waals surface area contributed by atoms with Crippen LogP contribution in [0.2, 0.25) is 0 Å². The Morgan fingerprint density at radius 3 is 0.687 bits per heavy atom. The SMILES string of the molecule is CCCCCCCCCCCCCCCCCC(=O)OC[C@H](COP(=O)(O)OC[C@@H](O)COP(=O)(O)OC[C@@H](COC(=O)CCCCCCCCCCCC)OC(=O)CCCCCCCCCCCCCCC)OC(=O)CCCCCCCCCCCCCCCCCCCCC(C)C. The summed E-state index contributed by atoms with van der Waals surface area (Å²) in [5, 5.41) is 10.6. The van der Waals surface area contributed by atoms with Crippen LogP contribution in [0.15, 0.2) is 0 Å². The largest absolute Gasteiger partial charge is 0.472 e. The smallest absolute Gasteiger partial charge is 0.462 e. The summed E-state index contributed by atoms with van der Waals surface area (Å²) in [4.78, 5) is 72.9. The van der Waals surface area contributed by atoms with E-state index in [1.54, 1.807) is 0 Å². The standard InChI is InChI=1S/C80H156O17P2/c1-6-9-12-15-18-21-24-26-31-36-39-44-49-54-59-64-78(83)91-70-76(97-80(85)66-61-56-51-46-41-37-33-30-28-27-29-32-35-38-42-47-52-57-62-73(4)5)72-95-99(88,89)93-68-74(81)67-92-98(86,87)94-71-75(69-90-77(82)63-58-53-48-43-23-20-17-14-11-8-3)96-79(84)65-60-55-50-45-40-34-25-22-19-16-13-10-7-2/h73-76,81H,6-72H2,1-5H3,(H,86,87)(H,88,89)/t74-,75+,76+/m0/s1. The van der Waals surface area contributed by atoms with Gasteiger partial charge >= 0.3 is 39.5 Å². The molecule has 0 aromatic rings. The summed E-state index contributed by atoms with van der Waals surface area (Å²) < 4.78 is 68.7. The molecule has 17 nitrogen and oxygen atoms in total. The van der Waals surface area contributed by atoms with E-state index >= 15 is 0 Å². The van der Waals surface area contributed by atoms with E-state index in [4.69, 9.17) is 37.0 Å². The maximum Gasteiger partial charge on any atom is 0.472 e. The van der Waals surface area contributed by atoms with Crippen LogP contribution < -0.4 is 0 Å². The summed E-state index contributed by atoms with van der Waals surface area (Å²) in [6.07, 6.45) is 63.7. The molecule has 0 spiro atoms. The minimum absolute atomic E-state index is 0.108. The van der Waals surface area contributed by atoms with Gasteiger partial charge in [-0.05, 0) is 31.6 Å². The van der Waals surface area contributed by atoms with E-state index in [0.29, 0.717) is 25.7 Å². The molecule has 0 aromatic carbocycles. The van der Waals surface area contributed by atoms with E-state index in [1.807, 2.05) is 0 Å². The first-order chi connectivity index (χ1) is 48.0. The molecule has 3 N–H and O–H groups in total. The number of rotatable bonds is 80. The summed E-state index contributed by atoms with van der Waals surface area (Å²) >= 11 is 0. The molecule has 0 bridgehead atoms. The fourth-order valence-electron chi connectivity index (χ4n) is 12.4. The minimum atomic E-state index is -4.96. The van der Waals surface area contributed by atoms with Crippen LogP contribution in [-0.4, -0.2) is 96.7 Å². The number of aliphatic hydroxyl groups is 1. The zero-order chi connectivity index (χ0) is 72.7. The molecule has 0 amide bonds. The normalized spacial score (nSPS) is 13.9. The van der Waals surface area contributed by atoms with Crippen molar-refractivity contribution in [1.82, 2.24) is 0 Å². The second-order valence-electron chi connectivity index (χ2n) is 29.3. The number of unbranched alkanes of at least 4 members (excludes halogenated alkanes) is 52. The highest BCUT2D eigenvalue weighted by atomic mass is 31.2. The van der Waals surface area contributed by atoms with Crippen LogP contribution in [-0.2, 0) is 65.4 Å². The Balaban J connectivity index is 5.21. The number of carbonyl (C=O) groups excluding carboxylic acids is 4. The summed E-state index contributed by atoms with van der Waals surface area (Å²) in [6.45, 7) is 7.36. The number of hydrogen-bond donors (Lipinski definition) is 3. The predicted octanol–water partition coefficient (Wildman–Crippen LogP) is 24.0. The van der Waals surface area contributed by atoms with Gasteiger partial charge in [-0.1, -0.05) is 375 Å². The topological polar surface area (TPSA) is 237 Å². The van der Waals surface area contributed by atoms with E-state index < -0.39 is 97.5 Å². The maximum absolute atomic E-state index is 13.1. The molecule has 99 heavy (non-hydrogen) atoms. The van der Waals surface area contributed by atoms with E-state index in [1.165, 1.54) is 250 Å². The Morgan fingerprint density at radius 1 is 0.273 bits per heavy atom. The number of aliphatic hydroxyl groups excluding tert-OH is 1. The molecule has 0 heterocycles. The van der Waals surface area contributed by atoms with Gasteiger partial charge in [0.2, 0.25) is 0 Å². The van der Waals surface area contributed by atoms with Gasteiger partial charge in [-0.25, -0.2) is 9.13 Å². The highest BCUT2D eigenvalue weighted by Crippen LogP contribution is 2.45. The van der Waals surface area contributed by atoms with Crippen LogP contribution in [0.1, 0.15) is 426 Å². The first-order valence-corrected chi connectivity index (χ1v) is 44.6. The highest BCUT2D eigenvalue weighted by Gasteiger charge is 2.30. The molecule has 0 aliphatic rings. The number of phosphoric ester groups is 2. The average molecular weight is 1450 g/mol. The first-order valence-electron chi connectivity index (χ1n) is 41.6. The van der Waals surface area contributed by atoms with Crippen LogP contribution in [0.5, 0.6) is 0 Å². The third kappa shape index (κ3) is 74.1. The predicted molar refractivity (Wildman–Crippen MR) is 405 cm³/mol. The Bertz CT molecular complexity index is 1890. The van der Waals surface area contributed by atoms with E-state index in [2.05, 4.69) is 34.6 Å². The van der Waals surface area contributed by atoms with Crippen molar-refractivity contribution in [3.8, 4) is 0 Å². The van der Waals surface area contributed by atoms with E-state index in [-0.39, 0.29) is 25.7 Å². The molecule has 0 aromatic heterocycles. The quantitative estimate of drug-likeness (QED) is 0.0222. The van der Waals surface area contributed by atoms with Gasteiger partial charge < -0.3 is 33.8 Å². The molecule has 5 atom stereocenters. The molecule has 0 saturated carbocycles. The van der Waals surface area contributed by atoms with Crippen molar-refractivity contribution in [2.75, 3.05) is 39.6 Å².